The van der Waals surface area contributed by atoms with Crippen LogP contribution in [0.15, 0.2) is 106 Å². The summed E-state index contributed by atoms with van der Waals surface area (Å²) in [6, 6.07) is 28.4. The van der Waals surface area contributed by atoms with Crippen LogP contribution in [-0.2, 0) is 16.1 Å². The predicted molar refractivity (Wildman–Crippen MR) is 171 cm³/mol. The van der Waals surface area contributed by atoms with Gasteiger partial charge < -0.3 is 9.47 Å². The Bertz CT molecular complexity index is 2150. The summed E-state index contributed by atoms with van der Waals surface area (Å²) in [6.45, 7) is 6.04. The zero-order chi connectivity index (χ0) is 30.8. The first-order valence-electron chi connectivity index (χ1n) is 14.3. The number of ether oxygens (including phenoxy) is 2. The average Bonchev–Trinajstić information content (AvgIpc) is 3.34. The standard InChI is InChI=1S/C36H29N3O4S/c1-4-42-35(41)32-23(3)38-36-39(33(32)27-15-9-22(2)10-16-27)34(40)31(44-36)19-29-28-8-6-5-7-26(28)17-18-30(29)43-21-25-13-11-24(20-37)12-14-25/h5-19,33H,4,21H2,1-3H3/b31-19-/t33-/m0/s1. The number of allylic oxidation sites excluding steroid dienone is 1. The Balaban J connectivity index is 1.50. The fraction of sp³-hybridized carbons (Fsp3) is 0.167. The number of esters is 1. The summed E-state index contributed by atoms with van der Waals surface area (Å²) < 4.78 is 13.8. The zero-order valence-corrected chi connectivity index (χ0v) is 25.4. The average molecular weight is 600 g/mol. The fourth-order valence-corrected chi connectivity index (χ4v) is 6.40. The number of hydrogen-bond donors (Lipinski definition) is 0. The molecule has 7 nitrogen and oxygen atoms in total. The molecule has 1 atom stereocenters. The third-order valence-corrected chi connectivity index (χ3v) is 8.58. The van der Waals surface area contributed by atoms with Crippen LogP contribution in [0, 0.1) is 18.3 Å². The van der Waals surface area contributed by atoms with Gasteiger partial charge in [-0.25, -0.2) is 9.79 Å². The van der Waals surface area contributed by atoms with E-state index in [1.54, 1.807) is 30.5 Å². The minimum absolute atomic E-state index is 0.215. The Morgan fingerprint density at radius 1 is 1.02 bits per heavy atom. The van der Waals surface area contributed by atoms with E-state index in [9.17, 15) is 9.59 Å². The molecule has 0 fully saturated rings. The van der Waals surface area contributed by atoms with Crippen molar-refractivity contribution < 1.29 is 14.3 Å². The third-order valence-electron chi connectivity index (χ3n) is 7.59. The van der Waals surface area contributed by atoms with E-state index in [-0.39, 0.29) is 12.2 Å². The Hall–Kier alpha value is -5.26. The Kier molecular flexibility index (Phi) is 7.97. The second kappa shape index (κ2) is 12.2. The number of aryl methyl sites for hydroxylation is 1. The second-order valence-electron chi connectivity index (χ2n) is 10.5. The van der Waals surface area contributed by atoms with Gasteiger partial charge in [-0.1, -0.05) is 83.6 Å². The number of nitriles is 1. The van der Waals surface area contributed by atoms with Gasteiger partial charge >= 0.3 is 5.97 Å². The van der Waals surface area contributed by atoms with Crippen molar-refractivity contribution in [3.8, 4) is 11.8 Å². The number of fused-ring (bicyclic) bond motifs is 2. The second-order valence-corrected chi connectivity index (χ2v) is 11.5. The van der Waals surface area contributed by atoms with Gasteiger partial charge in [-0.2, -0.15) is 5.26 Å². The van der Waals surface area contributed by atoms with Crippen molar-refractivity contribution in [3.63, 3.8) is 0 Å². The molecule has 1 aliphatic heterocycles. The van der Waals surface area contributed by atoms with Gasteiger partial charge in [0.25, 0.3) is 5.56 Å². The maximum atomic E-state index is 14.2. The SMILES string of the molecule is CCOC(=O)C1=C(C)N=c2s/c(=C\c3c(OCc4ccc(C#N)cc4)ccc4ccccc34)c(=O)n2[C@H]1c1ccc(C)cc1. The lowest BCUT2D eigenvalue weighted by atomic mass is 9.95. The zero-order valence-electron chi connectivity index (χ0n) is 24.5. The molecule has 218 valence electrons. The molecule has 6 rings (SSSR count). The number of hydrogen-bond acceptors (Lipinski definition) is 7. The van der Waals surface area contributed by atoms with Crippen molar-refractivity contribution in [2.75, 3.05) is 6.61 Å². The summed E-state index contributed by atoms with van der Waals surface area (Å²) >= 11 is 1.28. The topological polar surface area (TPSA) is 93.7 Å². The summed E-state index contributed by atoms with van der Waals surface area (Å²) in [5.74, 6) is 0.138. The summed E-state index contributed by atoms with van der Waals surface area (Å²) in [5.41, 5.74) is 4.78. The van der Waals surface area contributed by atoms with Crippen LogP contribution in [0.5, 0.6) is 5.75 Å². The van der Waals surface area contributed by atoms with Gasteiger partial charge in [0, 0.05) is 5.56 Å². The van der Waals surface area contributed by atoms with E-state index in [1.165, 1.54) is 11.3 Å². The van der Waals surface area contributed by atoms with Crippen molar-refractivity contribution in [1.82, 2.24) is 4.57 Å². The maximum Gasteiger partial charge on any atom is 0.338 e. The van der Waals surface area contributed by atoms with Gasteiger partial charge in [-0.15, -0.1) is 0 Å². The van der Waals surface area contributed by atoms with E-state index >= 15 is 0 Å². The van der Waals surface area contributed by atoms with Crippen molar-refractivity contribution in [2.45, 2.75) is 33.4 Å². The molecule has 0 unspecified atom stereocenters. The van der Waals surface area contributed by atoms with Gasteiger partial charge in [0.15, 0.2) is 4.80 Å². The Morgan fingerprint density at radius 3 is 2.50 bits per heavy atom. The molecule has 8 heteroatoms. The third kappa shape index (κ3) is 5.46. The van der Waals surface area contributed by atoms with Crippen molar-refractivity contribution in [2.24, 2.45) is 4.99 Å². The van der Waals surface area contributed by atoms with Crippen LogP contribution in [0.4, 0.5) is 0 Å². The first-order valence-corrected chi connectivity index (χ1v) is 15.1. The molecule has 5 aromatic rings. The number of carbonyl (C=O) groups excluding carboxylic acids is 1. The number of carbonyl (C=O) groups is 1. The molecule has 0 saturated heterocycles. The first kappa shape index (κ1) is 28.8. The molecule has 0 bridgehead atoms. The minimum Gasteiger partial charge on any atom is -0.488 e. The summed E-state index contributed by atoms with van der Waals surface area (Å²) in [6.07, 6.45) is 1.86. The van der Waals surface area contributed by atoms with E-state index in [2.05, 4.69) is 6.07 Å². The normalized spacial score (nSPS) is 14.6. The smallest absolute Gasteiger partial charge is 0.338 e. The molecular weight excluding hydrogens is 570 g/mol. The molecule has 1 aliphatic rings. The largest absolute Gasteiger partial charge is 0.488 e. The summed E-state index contributed by atoms with van der Waals surface area (Å²) in [4.78, 5) is 32.7. The number of benzene rings is 4. The lowest BCUT2D eigenvalue weighted by Crippen LogP contribution is -2.39. The van der Waals surface area contributed by atoms with Gasteiger partial charge in [0.1, 0.15) is 12.4 Å². The molecule has 4 aromatic carbocycles. The minimum atomic E-state index is -0.673. The van der Waals surface area contributed by atoms with Crippen LogP contribution in [0.2, 0.25) is 0 Å². The molecular formula is C36H29N3O4S. The van der Waals surface area contributed by atoms with E-state index in [1.807, 2.05) is 85.8 Å². The highest BCUT2D eigenvalue weighted by Gasteiger charge is 2.33. The summed E-state index contributed by atoms with van der Waals surface area (Å²) in [7, 11) is 0. The van der Waals surface area contributed by atoms with Crippen LogP contribution in [-0.4, -0.2) is 17.1 Å². The van der Waals surface area contributed by atoms with Crippen LogP contribution < -0.4 is 19.6 Å². The Labute approximate surface area is 258 Å². The molecule has 0 aliphatic carbocycles. The van der Waals surface area contributed by atoms with Crippen LogP contribution in [0.25, 0.3) is 16.8 Å². The van der Waals surface area contributed by atoms with Crippen LogP contribution >= 0.6 is 11.3 Å². The number of aromatic nitrogens is 1. The number of nitrogens with zero attached hydrogens (tertiary/aromatic N) is 3. The molecule has 2 heterocycles. The molecule has 1 aromatic heterocycles. The monoisotopic (exact) mass is 599 g/mol. The number of rotatable bonds is 7. The van der Waals surface area contributed by atoms with Crippen LogP contribution in [0.1, 0.15) is 47.7 Å². The molecule has 0 N–H and O–H groups in total. The quantitative estimate of drug-likeness (QED) is 0.224. The Morgan fingerprint density at radius 2 is 1.77 bits per heavy atom. The molecule has 0 amide bonds. The summed E-state index contributed by atoms with van der Waals surface area (Å²) in [5, 5.41) is 11.1. The lowest BCUT2D eigenvalue weighted by Gasteiger charge is -2.24. The molecule has 0 saturated carbocycles. The van der Waals surface area contributed by atoms with Gasteiger partial charge in [0.05, 0.1) is 40.1 Å². The van der Waals surface area contributed by atoms with E-state index in [0.717, 1.165) is 33.0 Å². The molecule has 0 radical (unpaired) electrons. The maximum absolute atomic E-state index is 14.2. The molecule has 0 spiro atoms. The highest BCUT2D eigenvalue weighted by atomic mass is 32.1. The van der Waals surface area contributed by atoms with Crippen molar-refractivity contribution in [1.29, 1.82) is 5.26 Å². The van der Waals surface area contributed by atoms with Gasteiger partial charge in [-0.3, -0.25) is 9.36 Å². The van der Waals surface area contributed by atoms with E-state index in [4.69, 9.17) is 19.7 Å². The fourth-order valence-electron chi connectivity index (χ4n) is 5.37. The lowest BCUT2D eigenvalue weighted by molar-refractivity contribution is -0.139. The van der Waals surface area contributed by atoms with Crippen LogP contribution in [0.3, 0.4) is 0 Å². The van der Waals surface area contributed by atoms with Crippen molar-refractivity contribution >= 4 is 34.2 Å². The van der Waals surface area contributed by atoms with Gasteiger partial charge in [0.2, 0.25) is 0 Å². The highest BCUT2D eigenvalue weighted by Crippen LogP contribution is 2.32. The predicted octanol–water partition coefficient (Wildman–Crippen LogP) is 5.71. The molecule has 44 heavy (non-hydrogen) atoms. The van der Waals surface area contributed by atoms with E-state index < -0.39 is 12.0 Å². The van der Waals surface area contributed by atoms with Crippen molar-refractivity contribution in [3.05, 3.63) is 144 Å². The first-order chi connectivity index (χ1) is 21.4. The number of thiazole rings is 1. The van der Waals surface area contributed by atoms with E-state index in [0.29, 0.717) is 38.5 Å². The van der Waals surface area contributed by atoms with Gasteiger partial charge in [-0.05, 0) is 66.9 Å². The highest BCUT2D eigenvalue weighted by molar-refractivity contribution is 7.07.